The van der Waals surface area contributed by atoms with E-state index in [1.54, 1.807) is 18.2 Å². The van der Waals surface area contributed by atoms with E-state index in [1.807, 2.05) is 0 Å². The number of amides is 1. The molecule has 0 saturated heterocycles. The second-order valence-corrected chi connectivity index (χ2v) is 4.98. The van der Waals surface area contributed by atoms with Gasteiger partial charge in [-0.25, -0.2) is 9.78 Å². The Morgan fingerprint density at radius 3 is 2.48 bits per heavy atom. The highest BCUT2D eigenvalue weighted by atomic mass is 35.5. The van der Waals surface area contributed by atoms with Crippen molar-refractivity contribution in [2.24, 2.45) is 0 Å². The summed E-state index contributed by atoms with van der Waals surface area (Å²) < 4.78 is 0. The van der Waals surface area contributed by atoms with Crippen LogP contribution in [0.2, 0.25) is 10.0 Å². The number of aromatic carboxylic acids is 1. The van der Waals surface area contributed by atoms with Crippen LogP contribution in [-0.2, 0) is 6.54 Å². The van der Waals surface area contributed by atoms with Crippen LogP contribution < -0.4 is 5.32 Å². The quantitative estimate of drug-likeness (QED) is 0.906. The number of carboxylic acid groups (broad SMARTS) is 1. The molecule has 2 N–H and O–H groups in total. The fraction of sp³-hybridized carbons (Fsp3) is 0.0714. The van der Waals surface area contributed by atoms with Gasteiger partial charge in [-0.1, -0.05) is 29.3 Å². The van der Waals surface area contributed by atoms with E-state index in [-0.39, 0.29) is 18.1 Å². The van der Waals surface area contributed by atoms with Crippen molar-refractivity contribution in [1.29, 1.82) is 0 Å². The van der Waals surface area contributed by atoms with Crippen LogP contribution in [0, 0.1) is 0 Å². The summed E-state index contributed by atoms with van der Waals surface area (Å²) in [7, 11) is 0. The summed E-state index contributed by atoms with van der Waals surface area (Å²) in [5.41, 5.74) is 1.03. The van der Waals surface area contributed by atoms with Gasteiger partial charge in [0, 0.05) is 18.3 Å². The van der Waals surface area contributed by atoms with Gasteiger partial charge in [-0.05, 0) is 29.8 Å². The van der Waals surface area contributed by atoms with Crippen LogP contribution in [0.3, 0.4) is 0 Å². The molecule has 5 nitrogen and oxygen atoms in total. The first-order chi connectivity index (χ1) is 9.97. The molecular formula is C14H10Cl2N2O3. The summed E-state index contributed by atoms with van der Waals surface area (Å²) in [6.45, 7) is 0.228. The van der Waals surface area contributed by atoms with E-state index < -0.39 is 5.97 Å². The lowest BCUT2D eigenvalue weighted by molar-refractivity contribution is 0.0690. The highest BCUT2D eigenvalue weighted by Crippen LogP contribution is 2.22. The number of carbonyl (C=O) groups excluding carboxylic acids is 1. The Labute approximate surface area is 130 Å². The van der Waals surface area contributed by atoms with Crippen LogP contribution in [0.1, 0.15) is 26.4 Å². The molecule has 0 fully saturated rings. The third-order valence-corrected chi connectivity index (χ3v) is 3.42. The zero-order valence-corrected chi connectivity index (χ0v) is 12.1. The van der Waals surface area contributed by atoms with Crippen molar-refractivity contribution in [3.8, 4) is 0 Å². The Morgan fingerprint density at radius 2 is 1.90 bits per heavy atom. The number of rotatable bonds is 4. The van der Waals surface area contributed by atoms with Gasteiger partial charge in [-0.15, -0.1) is 0 Å². The van der Waals surface area contributed by atoms with Gasteiger partial charge in [0.1, 0.15) is 5.69 Å². The number of halogens is 2. The number of carbonyl (C=O) groups is 2. The minimum atomic E-state index is -1.10. The van der Waals surface area contributed by atoms with E-state index in [0.717, 1.165) is 0 Å². The zero-order valence-electron chi connectivity index (χ0n) is 10.6. The molecule has 0 saturated carbocycles. The van der Waals surface area contributed by atoms with Crippen molar-refractivity contribution in [1.82, 2.24) is 10.3 Å². The third-order valence-electron chi connectivity index (χ3n) is 2.68. The topological polar surface area (TPSA) is 79.3 Å². The normalized spacial score (nSPS) is 10.2. The van der Waals surface area contributed by atoms with Gasteiger partial charge in [0.15, 0.2) is 0 Å². The molecule has 2 aromatic rings. The van der Waals surface area contributed by atoms with Crippen LogP contribution in [0.5, 0.6) is 0 Å². The molecule has 0 atom stereocenters. The lowest BCUT2D eigenvalue weighted by atomic mass is 10.2. The summed E-state index contributed by atoms with van der Waals surface area (Å²) in [5, 5.41) is 12.1. The van der Waals surface area contributed by atoms with Gasteiger partial charge in [0.05, 0.1) is 10.0 Å². The number of pyridine rings is 1. The molecule has 0 bridgehead atoms. The first-order valence-electron chi connectivity index (χ1n) is 5.89. The standard InChI is InChI=1S/C14H10Cl2N2O3/c15-10-3-2-9(5-11(10)16)13(19)18-7-8-1-4-12(14(20)21)17-6-8/h1-6H,7H2,(H,18,19)(H,20,21). The van der Waals surface area contributed by atoms with Crippen LogP contribution in [0.4, 0.5) is 0 Å². The SMILES string of the molecule is O=C(NCc1ccc(C(=O)O)nc1)c1ccc(Cl)c(Cl)c1. The second kappa shape index (κ2) is 6.56. The third kappa shape index (κ3) is 3.93. The first-order valence-corrected chi connectivity index (χ1v) is 6.64. The zero-order chi connectivity index (χ0) is 15.4. The second-order valence-electron chi connectivity index (χ2n) is 4.17. The van der Waals surface area contributed by atoms with Crippen molar-refractivity contribution in [3.63, 3.8) is 0 Å². The summed E-state index contributed by atoms with van der Waals surface area (Å²) in [5.74, 6) is -1.41. The highest BCUT2D eigenvalue weighted by molar-refractivity contribution is 6.42. The van der Waals surface area contributed by atoms with E-state index in [9.17, 15) is 9.59 Å². The lowest BCUT2D eigenvalue weighted by Gasteiger charge is -2.06. The molecule has 2 rings (SSSR count). The molecule has 1 aromatic heterocycles. The summed E-state index contributed by atoms with van der Waals surface area (Å²) in [6, 6.07) is 7.55. The first kappa shape index (κ1) is 15.3. The van der Waals surface area contributed by atoms with Gasteiger partial charge in [0.25, 0.3) is 5.91 Å². The number of hydrogen-bond donors (Lipinski definition) is 2. The van der Waals surface area contributed by atoms with Crippen LogP contribution in [0.15, 0.2) is 36.5 Å². The van der Waals surface area contributed by atoms with Crippen molar-refractivity contribution in [3.05, 3.63) is 63.4 Å². The molecule has 0 aliphatic rings. The molecule has 0 radical (unpaired) electrons. The fourth-order valence-electron chi connectivity index (χ4n) is 1.58. The number of aromatic nitrogens is 1. The minimum absolute atomic E-state index is 0.0467. The Hall–Kier alpha value is -2.11. The average Bonchev–Trinajstić information content (AvgIpc) is 2.48. The maximum absolute atomic E-state index is 11.9. The predicted molar refractivity (Wildman–Crippen MR) is 78.8 cm³/mol. The van der Waals surface area contributed by atoms with Crippen molar-refractivity contribution < 1.29 is 14.7 Å². The molecule has 21 heavy (non-hydrogen) atoms. The Balaban J connectivity index is 2.00. The van der Waals surface area contributed by atoms with E-state index in [2.05, 4.69) is 10.3 Å². The monoisotopic (exact) mass is 324 g/mol. The van der Waals surface area contributed by atoms with Crippen LogP contribution >= 0.6 is 23.2 Å². The highest BCUT2D eigenvalue weighted by Gasteiger charge is 2.08. The maximum Gasteiger partial charge on any atom is 0.354 e. The molecule has 108 valence electrons. The minimum Gasteiger partial charge on any atom is -0.477 e. The number of carboxylic acids is 1. The summed E-state index contributed by atoms with van der Waals surface area (Å²) >= 11 is 11.6. The largest absolute Gasteiger partial charge is 0.477 e. The smallest absolute Gasteiger partial charge is 0.354 e. The van der Waals surface area contributed by atoms with Crippen LogP contribution in [0.25, 0.3) is 0 Å². The molecule has 0 aliphatic heterocycles. The molecular weight excluding hydrogens is 315 g/mol. The van der Waals surface area contributed by atoms with E-state index in [1.165, 1.54) is 18.3 Å². The average molecular weight is 325 g/mol. The molecule has 0 spiro atoms. The van der Waals surface area contributed by atoms with Gasteiger partial charge >= 0.3 is 5.97 Å². The van der Waals surface area contributed by atoms with Crippen molar-refractivity contribution in [2.45, 2.75) is 6.54 Å². The van der Waals surface area contributed by atoms with Gasteiger partial charge in [-0.3, -0.25) is 4.79 Å². The van der Waals surface area contributed by atoms with Crippen molar-refractivity contribution >= 4 is 35.1 Å². The predicted octanol–water partition coefficient (Wildman–Crippen LogP) is 3.02. The maximum atomic E-state index is 11.9. The molecule has 7 heteroatoms. The molecule has 1 aromatic carbocycles. The molecule has 1 heterocycles. The molecule has 0 aliphatic carbocycles. The number of hydrogen-bond acceptors (Lipinski definition) is 3. The molecule has 1 amide bonds. The number of nitrogens with zero attached hydrogens (tertiary/aromatic N) is 1. The van der Waals surface area contributed by atoms with Crippen LogP contribution in [-0.4, -0.2) is 22.0 Å². The van der Waals surface area contributed by atoms with Gasteiger partial charge < -0.3 is 10.4 Å². The van der Waals surface area contributed by atoms with Gasteiger partial charge in [-0.2, -0.15) is 0 Å². The molecule has 0 unspecified atom stereocenters. The van der Waals surface area contributed by atoms with E-state index >= 15 is 0 Å². The summed E-state index contributed by atoms with van der Waals surface area (Å²) in [4.78, 5) is 26.4. The number of nitrogens with one attached hydrogen (secondary N) is 1. The Kier molecular flexibility index (Phi) is 4.77. The number of benzene rings is 1. The van der Waals surface area contributed by atoms with Gasteiger partial charge in [0.2, 0.25) is 0 Å². The van der Waals surface area contributed by atoms with E-state index in [4.69, 9.17) is 28.3 Å². The lowest BCUT2D eigenvalue weighted by Crippen LogP contribution is -2.22. The van der Waals surface area contributed by atoms with E-state index in [0.29, 0.717) is 21.2 Å². The Bertz CT molecular complexity index is 687. The fourth-order valence-corrected chi connectivity index (χ4v) is 1.88. The van der Waals surface area contributed by atoms with Crippen molar-refractivity contribution in [2.75, 3.05) is 0 Å². The Morgan fingerprint density at radius 1 is 1.14 bits per heavy atom. The summed E-state index contributed by atoms with van der Waals surface area (Å²) in [6.07, 6.45) is 1.40.